The number of nitrogens with one attached hydrogen (secondary N) is 1. The van der Waals surface area contributed by atoms with Crippen LogP contribution < -0.4 is 10.1 Å². The van der Waals surface area contributed by atoms with E-state index in [0.717, 1.165) is 6.42 Å². The minimum Gasteiger partial charge on any atom is -0.493 e. The third-order valence-corrected chi connectivity index (χ3v) is 2.98. The number of carbonyl (C=O) groups is 2. The minimum absolute atomic E-state index is 0.326. The quantitative estimate of drug-likeness (QED) is 0.460. The largest absolute Gasteiger partial charge is 0.493 e. The predicted molar refractivity (Wildman–Crippen MR) is 81.8 cm³/mol. The Hall–Kier alpha value is -2.18. The summed E-state index contributed by atoms with van der Waals surface area (Å²) in [6, 6.07) is 5.26. The van der Waals surface area contributed by atoms with Crippen molar-refractivity contribution in [3.05, 3.63) is 42.5 Å². The molecular weight excluding hydrogens is 286 g/mol. The molecule has 6 nitrogen and oxygen atoms in total. The van der Waals surface area contributed by atoms with Crippen molar-refractivity contribution in [2.45, 2.75) is 25.5 Å². The van der Waals surface area contributed by atoms with Crippen molar-refractivity contribution in [2.75, 3.05) is 13.2 Å². The van der Waals surface area contributed by atoms with E-state index in [-0.39, 0.29) is 0 Å². The maximum Gasteiger partial charge on any atom is 0.251 e. The van der Waals surface area contributed by atoms with Gasteiger partial charge in [0.05, 0.1) is 12.7 Å². The van der Waals surface area contributed by atoms with E-state index in [4.69, 9.17) is 9.84 Å². The van der Waals surface area contributed by atoms with Crippen LogP contribution in [0.15, 0.2) is 36.9 Å². The van der Waals surface area contributed by atoms with Crippen LogP contribution in [0.1, 0.15) is 23.7 Å². The Morgan fingerprint density at radius 2 is 2.00 bits per heavy atom. The number of ether oxygens (including phenoxy) is 1. The molecule has 0 aliphatic rings. The molecule has 22 heavy (non-hydrogen) atoms. The summed E-state index contributed by atoms with van der Waals surface area (Å²) in [7, 11) is 0. The summed E-state index contributed by atoms with van der Waals surface area (Å²) in [5.74, 6) is -0.532. The molecule has 0 saturated heterocycles. The third kappa shape index (κ3) is 5.31. The lowest BCUT2D eigenvalue weighted by Gasteiger charge is -2.19. The lowest BCUT2D eigenvalue weighted by Crippen LogP contribution is -2.48. The molecule has 0 aromatic heterocycles. The maximum absolute atomic E-state index is 12.0. The van der Waals surface area contributed by atoms with Crippen molar-refractivity contribution < 1.29 is 24.5 Å². The number of amides is 1. The van der Waals surface area contributed by atoms with Crippen LogP contribution in [0.5, 0.6) is 5.75 Å². The first kappa shape index (κ1) is 17.9. The number of aliphatic hydroxyl groups is 2. The molecule has 0 aliphatic carbocycles. The number of hydrogen-bond acceptors (Lipinski definition) is 5. The van der Waals surface area contributed by atoms with Gasteiger partial charge in [0.1, 0.15) is 18.4 Å². The van der Waals surface area contributed by atoms with Crippen molar-refractivity contribution in [3.63, 3.8) is 0 Å². The van der Waals surface area contributed by atoms with Gasteiger partial charge in [0.15, 0.2) is 5.78 Å². The zero-order chi connectivity index (χ0) is 16.5. The van der Waals surface area contributed by atoms with Gasteiger partial charge >= 0.3 is 0 Å². The summed E-state index contributed by atoms with van der Waals surface area (Å²) in [5.41, 5.74) is 0.326. The standard InChI is InChI=1S/C16H21NO5/c1-3-4-9-22-13-7-5-12(6-8-13)16(21)17-15(11(2)19)14(20)10-18/h3,5-8,11,15,18-19H,1,4,9-10H2,2H3,(H,17,21)/t11-,15+/m1/s1. The zero-order valence-electron chi connectivity index (χ0n) is 12.5. The highest BCUT2D eigenvalue weighted by Gasteiger charge is 2.25. The molecule has 0 radical (unpaired) electrons. The molecule has 3 N–H and O–H groups in total. The second-order valence-corrected chi connectivity index (χ2v) is 4.77. The summed E-state index contributed by atoms with van der Waals surface area (Å²) in [5, 5.41) is 20.7. The van der Waals surface area contributed by atoms with Crippen molar-refractivity contribution >= 4 is 11.7 Å². The number of hydrogen-bond donors (Lipinski definition) is 3. The summed E-state index contributed by atoms with van der Waals surface area (Å²) in [4.78, 5) is 23.5. The van der Waals surface area contributed by atoms with Crippen LogP contribution in [0.4, 0.5) is 0 Å². The molecule has 0 aliphatic heterocycles. The number of aliphatic hydroxyl groups excluding tert-OH is 2. The third-order valence-electron chi connectivity index (χ3n) is 2.98. The zero-order valence-corrected chi connectivity index (χ0v) is 12.5. The van der Waals surface area contributed by atoms with E-state index in [1.54, 1.807) is 30.3 Å². The van der Waals surface area contributed by atoms with Crippen LogP contribution in [-0.2, 0) is 4.79 Å². The summed E-state index contributed by atoms with van der Waals surface area (Å²) < 4.78 is 5.43. The van der Waals surface area contributed by atoms with E-state index < -0.39 is 30.4 Å². The van der Waals surface area contributed by atoms with Crippen LogP contribution in [0.2, 0.25) is 0 Å². The van der Waals surface area contributed by atoms with Crippen LogP contribution in [0.25, 0.3) is 0 Å². The molecule has 1 amide bonds. The first-order chi connectivity index (χ1) is 10.5. The number of rotatable bonds is 9. The second-order valence-electron chi connectivity index (χ2n) is 4.77. The van der Waals surface area contributed by atoms with Crippen LogP contribution in [0, 0.1) is 0 Å². The first-order valence-corrected chi connectivity index (χ1v) is 6.95. The van der Waals surface area contributed by atoms with Gasteiger partial charge in [0, 0.05) is 5.56 Å². The highest BCUT2D eigenvalue weighted by atomic mass is 16.5. The van der Waals surface area contributed by atoms with Gasteiger partial charge in [-0.05, 0) is 37.6 Å². The number of carbonyl (C=O) groups excluding carboxylic acids is 2. The maximum atomic E-state index is 12.0. The smallest absolute Gasteiger partial charge is 0.251 e. The fourth-order valence-corrected chi connectivity index (χ4v) is 1.76. The van der Waals surface area contributed by atoms with E-state index in [2.05, 4.69) is 11.9 Å². The van der Waals surface area contributed by atoms with Crippen LogP contribution >= 0.6 is 0 Å². The summed E-state index contributed by atoms with van der Waals surface area (Å²) in [6.45, 7) is 4.72. The van der Waals surface area contributed by atoms with Gasteiger partial charge < -0.3 is 20.3 Å². The average molecular weight is 307 g/mol. The summed E-state index contributed by atoms with van der Waals surface area (Å²) in [6.07, 6.45) is 1.38. The molecule has 2 atom stereocenters. The van der Waals surface area contributed by atoms with Crippen molar-refractivity contribution in [1.29, 1.82) is 0 Å². The Labute approximate surface area is 129 Å². The van der Waals surface area contributed by atoms with Gasteiger partial charge in [-0.3, -0.25) is 9.59 Å². The van der Waals surface area contributed by atoms with Crippen molar-refractivity contribution in [3.8, 4) is 5.75 Å². The molecule has 120 valence electrons. The molecule has 0 spiro atoms. The van der Waals surface area contributed by atoms with Crippen molar-refractivity contribution in [2.24, 2.45) is 0 Å². The lowest BCUT2D eigenvalue weighted by molar-refractivity contribution is -0.125. The van der Waals surface area contributed by atoms with E-state index in [1.165, 1.54) is 6.92 Å². The monoisotopic (exact) mass is 307 g/mol. The number of ketones is 1. The van der Waals surface area contributed by atoms with Gasteiger partial charge in [-0.15, -0.1) is 6.58 Å². The molecule has 1 aromatic carbocycles. The van der Waals surface area contributed by atoms with Crippen LogP contribution in [-0.4, -0.2) is 47.3 Å². The van der Waals surface area contributed by atoms with Gasteiger partial charge in [-0.2, -0.15) is 0 Å². The Morgan fingerprint density at radius 1 is 1.36 bits per heavy atom. The molecular formula is C16H21NO5. The van der Waals surface area contributed by atoms with Gasteiger partial charge in [-0.1, -0.05) is 6.08 Å². The molecule has 6 heteroatoms. The summed E-state index contributed by atoms with van der Waals surface area (Å²) >= 11 is 0. The molecule has 1 aromatic rings. The van der Waals surface area contributed by atoms with Gasteiger partial charge in [0.25, 0.3) is 5.91 Å². The van der Waals surface area contributed by atoms with Gasteiger partial charge in [-0.25, -0.2) is 0 Å². The normalized spacial score (nSPS) is 13.0. The highest BCUT2D eigenvalue weighted by molar-refractivity contribution is 5.98. The molecule has 0 unspecified atom stereocenters. The SMILES string of the molecule is C=CCCOc1ccc(C(=O)N[C@H](C(=O)CO)[C@@H](C)O)cc1. The fraction of sp³-hybridized carbons (Fsp3) is 0.375. The topological polar surface area (TPSA) is 95.9 Å². The van der Waals surface area contributed by atoms with E-state index in [1.807, 2.05) is 0 Å². The van der Waals surface area contributed by atoms with E-state index in [9.17, 15) is 14.7 Å². The molecule has 0 saturated carbocycles. The average Bonchev–Trinajstić information content (AvgIpc) is 2.52. The fourth-order valence-electron chi connectivity index (χ4n) is 1.76. The van der Waals surface area contributed by atoms with E-state index in [0.29, 0.717) is 17.9 Å². The molecule has 0 fully saturated rings. The minimum atomic E-state index is -1.14. The second kappa shape index (κ2) is 8.96. The Morgan fingerprint density at radius 3 is 2.50 bits per heavy atom. The van der Waals surface area contributed by atoms with Crippen LogP contribution in [0.3, 0.4) is 0 Å². The molecule has 0 heterocycles. The van der Waals surface area contributed by atoms with E-state index >= 15 is 0 Å². The predicted octanol–water partition coefficient (Wildman–Crippen LogP) is 0.682. The Balaban J connectivity index is 2.68. The number of benzene rings is 1. The Kier molecular flexibility index (Phi) is 7.28. The first-order valence-electron chi connectivity index (χ1n) is 6.95. The highest BCUT2D eigenvalue weighted by Crippen LogP contribution is 2.13. The Bertz CT molecular complexity index is 510. The van der Waals surface area contributed by atoms with Gasteiger partial charge in [0.2, 0.25) is 0 Å². The molecule has 0 bridgehead atoms. The lowest BCUT2D eigenvalue weighted by atomic mass is 10.1. The van der Waals surface area contributed by atoms with Crippen molar-refractivity contribution in [1.82, 2.24) is 5.32 Å². The number of Topliss-reactive ketones (excluding diaryl/α,β-unsaturated/α-hetero) is 1. The molecule has 1 rings (SSSR count).